The van der Waals surface area contributed by atoms with Crippen molar-refractivity contribution in [2.45, 2.75) is 19.1 Å². The summed E-state index contributed by atoms with van der Waals surface area (Å²) in [4.78, 5) is 3.80. The standard InChI is InChI=1S/C11H18N2OS/c1-9-8-13(4-5-14-9)10(7-12)11-3-2-6-15-11/h2-3,6,9-10H,4-5,7-8,12H2,1H3/t9-,10-/m1/s1. The van der Waals surface area contributed by atoms with E-state index in [1.807, 2.05) is 0 Å². The van der Waals surface area contributed by atoms with Gasteiger partial charge in [0, 0.05) is 24.5 Å². The third kappa shape index (κ3) is 2.58. The Morgan fingerprint density at radius 3 is 3.20 bits per heavy atom. The summed E-state index contributed by atoms with van der Waals surface area (Å²) in [7, 11) is 0. The molecule has 0 radical (unpaired) electrons. The number of rotatable bonds is 3. The highest BCUT2D eigenvalue weighted by Gasteiger charge is 2.24. The minimum Gasteiger partial charge on any atom is -0.376 e. The Labute approximate surface area is 94.8 Å². The van der Waals surface area contributed by atoms with Crippen LogP contribution in [0.25, 0.3) is 0 Å². The van der Waals surface area contributed by atoms with Gasteiger partial charge in [-0.3, -0.25) is 4.90 Å². The van der Waals surface area contributed by atoms with Crippen LogP contribution in [-0.2, 0) is 4.74 Å². The molecule has 3 nitrogen and oxygen atoms in total. The van der Waals surface area contributed by atoms with E-state index in [0.29, 0.717) is 18.7 Å². The monoisotopic (exact) mass is 226 g/mol. The maximum atomic E-state index is 5.86. The highest BCUT2D eigenvalue weighted by molar-refractivity contribution is 7.10. The SMILES string of the molecule is C[C@@H]1CN([C@H](CN)c2cccs2)CCO1. The first-order valence-corrected chi connectivity index (χ1v) is 6.28. The van der Waals surface area contributed by atoms with E-state index in [4.69, 9.17) is 10.5 Å². The van der Waals surface area contributed by atoms with Crippen LogP contribution in [0.3, 0.4) is 0 Å². The van der Waals surface area contributed by atoms with Gasteiger partial charge in [-0.05, 0) is 18.4 Å². The Hall–Kier alpha value is -0.420. The summed E-state index contributed by atoms with van der Waals surface area (Å²) in [6.07, 6.45) is 0.327. The molecule has 84 valence electrons. The van der Waals surface area contributed by atoms with Crippen molar-refractivity contribution >= 4 is 11.3 Å². The van der Waals surface area contributed by atoms with Gasteiger partial charge in [-0.25, -0.2) is 0 Å². The number of hydrogen-bond donors (Lipinski definition) is 1. The fourth-order valence-corrected chi connectivity index (χ4v) is 2.93. The van der Waals surface area contributed by atoms with Crippen molar-refractivity contribution in [2.24, 2.45) is 5.73 Å². The number of nitrogens with two attached hydrogens (primary N) is 1. The first-order chi connectivity index (χ1) is 7.31. The molecule has 1 aromatic rings. The smallest absolute Gasteiger partial charge is 0.0674 e. The zero-order valence-corrected chi connectivity index (χ0v) is 9.87. The lowest BCUT2D eigenvalue weighted by Gasteiger charge is -2.36. The van der Waals surface area contributed by atoms with Crippen LogP contribution in [0.5, 0.6) is 0 Å². The summed E-state index contributed by atoms with van der Waals surface area (Å²) in [5, 5.41) is 2.11. The van der Waals surface area contributed by atoms with E-state index in [2.05, 4.69) is 29.3 Å². The number of thiophene rings is 1. The van der Waals surface area contributed by atoms with Gasteiger partial charge >= 0.3 is 0 Å². The van der Waals surface area contributed by atoms with Crippen LogP contribution in [0.15, 0.2) is 17.5 Å². The lowest BCUT2D eigenvalue weighted by atomic mass is 10.1. The molecule has 0 spiro atoms. The van der Waals surface area contributed by atoms with Gasteiger partial charge in [0.1, 0.15) is 0 Å². The summed E-state index contributed by atoms with van der Waals surface area (Å²) in [5.41, 5.74) is 5.86. The van der Waals surface area contributed by atoms with Crippen molar-refractivity contribution in [1.82, 2.24) is 4.90 Å². The summed E-state index contributed by atoms with van der Waals surface area (Å²) < 4.78 is 5.54. The molecule has 0 aromatic carbocycles. The lowest BCUT2D eigenvalue weighted by Crippen LogP contribution is -2.44. The van der Waals surface area contributed by atoms with Crippen molar-refractivity contribution < 1.29 is 4.74 Å². The third-order valence-corrected chi connectivity index (χ3v) is 3.78. The van der Waals surface area contributed by atoms with Gasteiger partial charge in [0.25, 0.3) is 0 Å². The van der Waals surface area contributed by atoms with Crippen molar-refractivity contribution in [3.8, 4) is 0 Å². The molecule has 2 heterocycles. The normalized spacial score (nSPS) is 25.3. The Kier molecular flexibility index (Phi) is 3.75. The molecule has 2 N–H and O–H groups in total. The fourth-order valence-electron chi connectivity index (χ4n) is 2.05. The summed E-state index contributed by atoms with van der Waals surface area (Å²) in [6.45, 7) is 5.61. The molecule has 1 aliphatic rings. The minimum atomic E-state index is 0.327. The van der Waals surface area contributed by atoms with Crippen LogP contribution in [-0.4, -0.2) is 37.2 Å². The summed E-state index contributed by atoms with van der Waals surface area (Å²) >= 11 is 1.79. The molecular formula is C11H18N2OS. The van der Waals surface area contributed by atoms with Crippen LogP contribution in [0.2, 0.25) is 0 Å². The van der Waals surface area contributed by atoms with Crippen LogP contribution < -0.4 is 5.73 Å². The molecule has 2 rings (SSSR count). The number of ether oxygens (including phenoxy) is 1. The molecule has 0 amide bonds. The van der Waals surface area contributed by atoms with Crippen molar-refractivity contribution in [2.75, 3.05) is 26.2 Å². The van der Waals surface area contributed by atoms with Crippen LogP contribution >= 0.6 is 11.3 Å². The predicted octanol–water partition coefficient (Wildman–Crippen LogP) is 1.47. The van der Waals surface area contributed by atoms with Crippen LogP contribution in [0.1, 0.15) is 17.8 Å². The molecule has 4 heteroatoms. The Balaban J connectivity index is 2.06. The second-order valence-corrected chi connectivity index (χ2v) is 4.92. The van der Waals surface area contributed by atoms with Crippen molar-refractivity contribution in [3.05, 3.63) is 22.4 Å². The number of hydrogen-bond acceptors (Lipinski definition) is 4. The van der Waals surface area contributed by atoms with Crippen molar-refractivity contribution in [1.29, 1.82) is 0 Å². The molecule has 15 heavy (non-hydrogen) atoms. The fraction of sp³-hybridized carbons (Fsp3) is 0.636. The lowest BCUT2D eigenvalue weighted by molar-refractivity contribution is -0.0328. The van der Waals surface area contributed by atoms with Crippen LogP contribution in [0, 0.1) is 0 Å². The van der Waals surface area contributed by atoms with Gasteiger partial charge < -0.3 is 10.5 Å². The molecular weight excluding hydrogens is 208 g/mol. The summed E-state index contributed by atoms with van der Waals surface area (Å²) in [5.74, 6) is 0. The van der Waals surface area contributed by atoms with Gasteiger partial charge in [-0.1, -0.05) is 6.07 Å². The summed E-state index contributed by atoms with van der Waals surface area (Å²) in [6, 6.07) is 4.63. The molecule has 1 fully saturated rings. The van der Waals surface area contributed by atoms with Gasteiger partial charge in [0.05, 0.1) is 18.8 Å². The van der Waals surface area contributed by atoms with Gasteiger partial charge in [0.2, 0.25) is 0 Å². The van der Waals surface area contributed by atoms with E-state index in [0.717, 1.165) is 19.7 Å². The number of nitrogens with zero attached hydrogens (tertiary/aromatic N) is 1. The molecule has 0 aliphatic carbocycles. The quantitative estimate of drug-likeness (QED) is 0.848. The van der Waals surface area contributed by atoms with Gasteiger partial charge in [0.15, 0.2) is 0 Å². The Morgan fingerprint density at radius 1 is 1.73 bits per heavy atom. The number of morpholine rings is 1. The highest BCUT2D eigenvalue weighted by Crippen LogP contribution is 2.25. The minimum absolute atomic E-state index is 0.327. The second kappa shape index (κ2) is 5.07. The highest BCUT2D eigenvalue weighted by atomic mass is 32.1. The molecule has 1 saturated heterocycles. The van der Waals surface area contributed by atoms with E-state index >= 15 is 0 Å². The predicted molar refractivity (Wildman–Crippen MR) is 63.1 cm³/mol. The zero-order valence-electron chi connectivity index (χ0n) is 9.06. The molecule has 2 atom stereocenters. The van der Waals surface area contributed by atoms with E-state index < -0.39 is 0 Å². The van der Waals surface area contributed by atoms with Crippen LogP contribution in [0.4, 0.5) is 0 Å². The van der Waals surface area contributed by atoms with Crippen molar-refractivity contribution in [3.63, 3.8) is 0 Å². The molecule has 1 aliphatic heterocycles. The second-order valence-electron chi connectivity index (χ2n) is 3.94. The topological polar surface area (TPSA) is 38.5 Å². The van der Waals surface area contributed by atoms with E-state index in [9.17, 15) is 0 Å². The average molecular weight is 226 g/mol. The first-order valence-electron chi connectivity index (χ1n) is 5.40. The first kappa shape index (κ1) is 11.1. The Morgan fingerprint density at radius 2 is 2.60 bits per heavy atom. The molecule has 0 unspecified atom stereocenters. The zero-order chi connectivity index (χ0) is 10.7. The maximum Gasteiger partial charge on any atom is 0.0674 e. The van der Waals surface area contributed by atoms with E-state index in [1.54, 1.807) is 11.3 Å². The average Bonchev–Trinajstić information content (AvgIpc) is 2.72. The third-order valence-electron chi connectivity index (χ3n) is 2.81. The molecule has 0 saturated carbocycles. The maximum absolute atomic E-state index is 5.86. The van der Waals surface area contributed by atoms with Gasteiger partial charge in [-0.2, -0.15) is 0 Å². The largest absolute Gasteiger partial charge is 0.376 e. The Bertz CT molecular complexity index is 289. The van der Waals surface area contributed by atoms with Gasteiger partial charge in [-0.15, -0.1) is 11.3 Å². The van der Waals surface area contributed by atoms with E-state index in [-0.39, 0.29) is 0 Å². The van der Waals surface area contributed by atoms with E-state index in [1.165, 1.54) is 4.88 Å². The molecule has 0 bridgehead atoms. The molecule has 1 aromatic heterocycles.